The Morgan fingerprint density at radius 1 is 0.368 bits per heavy atom. The number of hydrogen-bond acceptors (Lipinski definition) is 8. The van der Waals surface area contributed by atoms with Gasteiger partial charge in [-0.1, -0.05) is 115 Å². The molecule has 0 radical (unpaired) electrons. The molecule has 0 fully saturated rings. The van der Waals surface area contributed by atoms with Crippen molar-refractivity contribution in [2.75, 3.05) is 0 Å². The molecule has 57 heavy (non-hydrogen) atoms. The van der Waals surface area contributed by atoms with Crippen LogP contribution in [0.1, 0.15) is 0 Å². The monoisotopic (exact) mass is 749 g/mol. The molecular formula is C49H27N5O2S. The summed E-state index contributed by atoms with van der Waals surface area (Å²) in [5, 5.41) is 5.25. The summed E-state index contributed by atoms with van der Waals surface area (Å²) in [7, 11) is 0. The molecule has 0 unspecified atom stereocenters. The lowest BCUT2D eigenvalue weighted by molar-refractivity contribution is 0.667. The minimum atomic E-state index is 0.591. The maximum absolute atomic E-state index is 6.34. The van der Waals surface area contributed by atoms with Crippen molar-refractivity contribution in [3.63, 3.8) is 0 Å². The van der Waals surface area contributed by atoms with E-state index < -0.39 is 0 Å². The molecule has 12 aromatic rings. The van der Waals surface area contributed by atoms with Crippen molar-refractivity contribution in [1.29, 1.82) is 0 Å². The second-order valence-corrected chi connectivity index (χ2v) is 15.1. The molecule has 0 aliphatic carbocycles. The van der Waals surface area contributed by atoms with E-state index in [2.05, 4.69) is 66.7 Å². The largest absolute Gasteiger partial charge is 0.456 e. The lowest BCUT2D eigenvalue weighted by Crippen LogP contribution is -2.00. The Kier molecular flexibility index (Phi) is 6.96. The first-order valence-corrected chi connectivity index (χ1v) is 19.5. The Bertz CT molecular complexity index is 3540. The SMILES string of the molecule is c1ccc(-c2nc(-c3ccc4sc5cc(-c6nc(-c7ccccc7)c7oc8ccccc8c7n6)ccc5c4c3)nc(-c3cccc4oc5ccccc5c34)n2)cc1. The van der Waals surface area contributed by atoms with Gasteiger partial charge in [-0.15, -0.1) is 11.3 Å². The summed E-state index contributed by atoms with van der Waals surface area (Å²) >= 11 is 1.75. The number of para-hydroxylation sites is 2. The van der Waals surface area contributed by atoms with Crippen LogP contribution in [0.15, 0.2) is 173 Å². The fraction of sp³-hybridized carbons (Fsp3) is 0. The standard InChI is InChI=1S/C49H27N5O2S/c1-3-12-28(13-4-1)43-45-44(34-17-8-10-20-38(34)56-45)51-47(50-43)31-22-24-32-36-26-30(23-25-40(36)57-41(32)27-31)48-52-46(29-14-5-2-6-15-29)53-49(54-48)35-18-11-21-39-42(35)33-16-7-9-19-37(33)55-39/h1-27H. The number of fused-ring (bicyclic) bond motifs is 9. The molecular weight excluding hydrogens is 723 g/mol. The minimum absolute atomic E-state index is 0.591. The maximum atomic E-state index is 6.34. The highest BCUT2D eigenvalue weighted by Gasteiger charge is 2.20. The Balaban J connectivity index is 1.01. The summed E-state index contributed by atoms with van der Waals surface area (Å²) in [6, 6.07) is 55.3. The third-order valence-electron chi connectivity index (χ3n) is 10.6. The van der Waals surface area contributed by atoms with Crippen LogP contribution in [0.5, 0.6) is 0 Å². The highest BCUT2D eigenvalue weighted by Crippen LogP contribution is 2.41. The van der Waals surface area contributed by atoms with Gasteiger partial charge in [-0.2, -0.15) is 0 Å². The van der Waals surface area contributed by atoms with Gasteiger partial charge in [-0.3, -0.25) is 0 Å². The Labute approximate surface area is 328 Å². The number of nitrogens with zero attached hydrogens (tertiary/aromatic N) is 5. The highest BCUT2D eigenvalue weighted by molar-refractivity contribution is 7.25. The van der Waals surface area contributed by atoms with Gasteiger partial charge >= 0.3 is 0 Å². The molecule has 7 nitrogen and oxygen atoms in total. The average Bonchev–Trinajstić information content (AvgIpc) is 3.97. The van der Waals surface area contributed by atoms with Gasteiger partial charge in [0.05, 0.1) is 0 Å². The summed E-state index contributed by atoms with van der Waals surface area (Å²) < 4.78 is 14.9. The topological polar surface area (TPSA) is 90.7 Å². The Hall–Kier alpha value is -7.55. The first kappa shape index (κ1) is 31.8. The second-order valence-electron chi connectivity index (χ2n) is 14.0. The van der Waals surface area contributed by atoms with E-state index in [1.807, 2.05) is 97.1 Å². The number of furan rings is 2. The van der Waals surface area contributed by atoms with Gasteiger partial charge in [0, 0.05) is 64.1 Å². The molecule has 0 N–H and O–H groups in total. The molecule has 266 valence electrons. The van der Waals surface area contributed by atoms with E-state index in [-0.39, 0.29) is 0 Å². The molecule has 0 saturated heterocycles. The molecule has 0 amide bonds. The normalized spacial score (nSPS) is 11.9. The van der Waals surface area contributed by atoms with Gasteiger partial charge in [0.15, 0.2) is 28.9 Å². The molecule has 0 atom stereocenters. The van der Waals surface area contributed by atoms with Crippen molar-refractivity contribution in [3.8, 4) is 56.8 Å². The molecule has 0 bridgehead atoms. The smallest absolute Gasteiger partial charge is 0.180 e. The first-order valence-electron chi connectivity index (χ1n) is 18.7. The minimum Gasteiger partial charge on any atom is -0.456 e. The van der Waals surface area contributed by atoms with Crippen molar-refractivity contribution in [2.45, 2.75) is 0 Å². The molecule has 5 aromatic heterocycles. The van der Waals surface area contributed by atoms with Crippen LogP contribution in [0, 0.1) is 0 Å². The van der Waals surface area contributed by atoms with Crippen molar-refractivity contribution >= 4 is 75.5 Å². The van der Waals surface area contributed by atoms with Gasteiger partial charge in [-0.25, -0.2) is 24.9 Å². The maximum Gasteiger partial charge on any atom is 0.180 e. The lowest BCUT2D eigenvalue weighted by Gasteiger charge is -2.09. The van der Waals surface area contributed by atoms with Crippen molar-refractivity contribution in [1.82, 2.24) is 24.9 Å². The van der Waals surface area contributed by atoms with Crippen LogP contribution in [0.25, 0.3) is 121 Å². The number of rotatable bonds is 5. The number of aromatic nitrogens is 5. The van der Waals surface area contributed by atoms with Crippen LogP contribution in [-0.2, 0) is 0 Å². The van der Waals surface area contributed by atoms with Crippen LogP contribution < -0.4 is 0 Å². The molecule has 8 heteroatoms. The molecule has 0 saturated carbocycles. The van der Waals surface area contributed by atoms with E-state index in [1.54, 1.807) is 11.3 Å². The predicted octanol–water partition coefficient (Wildman–Crippen LogP) is 13.2. The highest BCUT2D eigenvalue weighted by atomic mass is 32.1. The van der Waals surface area contributed by atoms with Crippen LogP contribution in [0.4, 0.5) is 0 Å². The van der Waals surface area contributed by atoms with Gasteiger partial charge in [0.1, 0.15) is 28.0 Å². The van der Waals surface area contributed by atoms with Crippen LogP contribution in [0.2, 0.25) is 0 Å². The zero-order valence-corrected chi connectivity index (χ0v) is 30.9. The van der Waals surface area contributed by atoms with Gasteiger partial charge in [0.25, 0.3) is 0 Å². The van der Waals surface area contributed by atoms with E-state index in [9.17, 15) is 0 Å². The zero-order valence-electron chi connectivity index (χ0n) is 30.0. The van der Waals surface area contributed by atoms with E-state index in [4.69, 9.17) is 33.8 Å². The molecule has 7 aromatic carbocycles. The second kappa shape index (κ2) is 12.5. The van der Waals surface area contributed by atoms with E-state index >= 15 is 0 Å². The fourth-order valence-corrected chi connectivity index (χ4v) is 9.00. The van der Waals surface area contributed by atoms with Gasteiger partial charge in [0.2, 0.25) is 0 Å². The Morgan fingerprint density at radius 2 is 1.00 bits per heavy atom. The average molecular weight is 750 g/mol. The number of benzene rings is 7. The molecule has 0 aliphatic rings. The summed E-state index contributed by atoms with van der Waals surface area (Å²) in [4.78, 5) is 25.5. The lowest BCUT2D eigenvalue weighted by atomic mass is 10.0. The summed E-state index contributed by atoms with van der Waals surface area (Å²) in [6.45, 7) is 0. The molecule has 0 aliphatic heterocycles. The number of thiophene rings is 1. The fourth-order valence-electron chi connectivity index (χ4n) is 7.87. The Morgan fingerprint density at radius 3 is 1.82 bits per heavy atom. The predicted molar refractivity (Wildman–Crippen MR) is 230 cm³/mol. The van der Waals surface area contributed by atoms with Gasteiger partial charge in [-0.05, 0) is 48.5 Å². The third-order valence-corrected chi connectivity index (χ3v) is 11.7. The van der Waals surface area contributed by atoms with Crippen LogP contribution in [0.3, 0.4) is 0 Å². The molecule has 5 heterocycles. The summed E-state index contributed by atoms with van der Waals surface area (Å²) in [6.07, 6.45) is 0. The van der Waals surface area contributed by atoms with Crippen molar-refractivity contribution in [2.24, 2.45) is 0 Å². The van der Waals surface area contributed by atoms with Crippen LogP contribution >= 0.6 is 11.3 Å². The van der Waals surface area contributed by atoms with E-state index in [1.165, 1.54) is 4.70 Å². The summed E-state index contributed by atoms with van der Waals surface area (Å²) in [5.74, 6) is 2.45. The van der Waals surface area contributed by atoms with Crippen molar-refractivity contribution < 1.29 is 8.83 Å². The quantitative estimate of drug-likeness (QED) is 0.173. The molecule has 12 rings (SSSR count). The third kappa shape index (κ3) is 5.15. The van der Waals surface area contributed by atoms with Crippen LogP contribution in [-0.4, -0.2) is 24.9 Å². The van der Waals surface area contributed by atoms with E-state index in [0.717, 1.165) is 87.4 Å². The van der Waals surface area contributed by atoms with E-state index in [0.29, 0.717) is 28.9 Å². The first-order chi connectivity index (χ1) is 28.2. The zero-order chi connectivity index (χ0) is 37.5. The molecule has 0 spiro atoms. The summed E-state index contributed by atoms with van der Waals surface area (Å²) in [5.41, 5.74) is 9.32. The van der Waals surface area contributed by atoms with Gasteiger partial charge < -0.3 is 8.83 Å². The van der Waals surface area contributed by atoms with Crippen molar-refractivity contribution in [3.05, 3.63) is 164 Å². The number of hydrogen-bond donors (Lipinski definition) is 0.